The van der Waals surface area contributed by atoms with Crippen molar-refractivity contribution in [3.05, 3.63) is 0 Å². The minimum atomic E-state index is -0.142. The molecule has 5 heteroatoms. The van der Waals surface area contributed by atoms with Crippen LogP contribution < -0.4 is 11.3 Å². The van der Waals surface area contributed by atoms with Gasteiger partial charge in [0.25, 0.3) is 5.91 Å². The molecule has 15 heavy (non-hydrogen) atoms. The molecule has 88 valence electrons. The number of hydrazine groups is 1. The molecule has 1 heterocycles. The maximum absolute atomic E-state index is 11.6. The van der Waals surface area contributed by atoms with E-state index in [4.69, 9.17) is 10.6 Å². The van der Waals surface area contributed by atoms with E-state index in [-0.39, 0.29) is 17.9 Å². The number of nitrogens with two attached hydrogens (primary N) is 1. The van der Waals surface area contributed by atoms with Crippen LogP contribution in [0.15, 0.2) is 0 Å². The zero-order valence-electron chi connectivity index (χ0n) is 9.53. The number of nitrogens with one attached hydrogen (secondary N) is 1. The predicted molar refractivity (Wildman–Crippen MR) is 58.0 cm³/mol. The summed E-state index contributed by atoms with van der Waals surface area (Å²) in [4.78, 5) is 13.8. The predicted octanol–water partition coefficient (Wildman–Crippen LogP) is -0.277. The zero-order chi connectivity index (χ0) is 11.3. The largest absolute Gasteiger partial charge is 0.380 e. The minimum Gasteiger partial charge on any atom is -0.380 e. The Bertz CT molecular complexity index is 201. The normalized spacial score (nSPS) is 21.1. The topological polar surface area (TPSA) is 67.6 Å². The lowest BCUT2D eigenvalue weighted by Gasteiger charge is -2.31. The quantitative estimate of drug-likeness (QED) is 0.386. The van der Waals surface area contributed by atoms with Gasteiger partial charge in [0.05, 0.1) is 12.6 Å². The van der Waals surface area contributed by atoms with Crippen LogP contribution in [0.4, 0.5) is 0 Å². The van der Waals surface area contributed by atoms with Gasteiger partial charge in [0.2, 0.25) is 0 Å². The SMILES string of the molecule is CC(C)C(C(=O)NN)N1CCCOCC1. The summed E-state index contributed by atoms with van der Waals surface area (Å²) in [6.45, 7) is 7.25. The van der Waals surface area contributed by atoms with E-state index in [9.17, 15) is 4.79 Å². The molecule has 1 rings (SSSR count). The Morgan fingerprint density at radius 1 is 1.40 bits per heavy atom. The fourth-order valence-electron chi connectivity index (χ4n) is 2.02. The van der Waals surface area contributed by atoms with Crippen LogP contribution in [-0.2, 0) is 9.53 Å². The Kier molecular flexibility index (Phi) is 5.01. The summed E-state index contributed by atoms with van der Waals surface area (Å²) in [5.41, 5.74) is 2.24. The third-order valence-corrected chi connectivity index (χ3v) is 2.69. The summed E-state index contributed by atoms with van der Waals surface area (Å²) in [5, 5.41) is 0. The molecule has 0 aromatic heterocycles. The highest BCUT2D eigenvalue weighted by molar-refractivity contribution is 5.81. The molecule has 1 saturated heterocycles. The van der Waals surface area contributed by atoms with Gasteiger partial charge in [-0.05, 0) is 12.3 Å². The van der Waals surface area contributed by atoms with Gasteiger partial charge in [0, 0.05) is 19.7 Å². The molecule has 1 atom stereocenters. The molecule has 0 bridgehead atoms. The minimum absolute atomic E-state index is 0.105. The van der Waals surface area contributed by atoms with E-state index in [1.54, 1.807) is 0 Å². The molecule has 1 amide bonds. The van der Waals surface area contributed by atoms with Gasteiger partial charge in [-0.3, -0.25) is 15.1 Å². The van der Waals surface area contributed by atoms with Gasteiger partial charge in [-0.25, -0.2) is 5.84 Å². The van der Waals surface area contributed by atoms with Crippen molar-refractivity contribution < 1.29 is 9.53 Å². The molecule has 0 aromatic carbocycles. The van der Waals surface area contributed by atoms with Crippen molar-refractivity contribution in [3.63, 3.8) is 0 Å². The first-order valence-electron chi connectivity index (χ1n) is 5.49. The number of nitrogens with zero attached hydrogens (tertiary/aromatic N) is 1. The summed E-state index contributed by atoms with van der Waals surface area (Å²) >= 11 is 0. The molecule has 0 spiro atoms. The van der Waals surface area contributed by atoms with E-state index in [1.807, 2.05) is 13.8 Å². The molecule has 0 radical (unpaired) electrons. The van der Waals surface area contributed by atoms with Gasteiger partial charge in [0.15, 0.2) is 0 Å². The van der Waals surface area contributed by atoms with Crippen molar-refractivity contribution in [1.82, 2.24) is 10.3 Å². The van der Waals surface area contributed by atoms with Crippen molar-refractivity contribution in [2.24, 2.45) is 11.8 Å². The van der Waals surface area contributed by atoms with Gasteiger partial charge in [0.1, 0.15) is 0 Å². The van der Waals surface area contributed by atoms with Crippen molar-refractivity contribution in [2.45, 2.75) is 26.3 Å². The second-order valence-corrected chi connectivity index (χ2v) is 4.20. The van der Waals surface area contributed by atoms with Gasteiger partial charge < -0.3 is 4.74 Å². The van der Waals surface area contributed by atoms with E-state index in [0.717, 1.165) is 26.1 Å². The first-order chi connectivity index (χ1) is 7.16. The summed E-state index contributed by atoms with van der Waals surface area (Å²) in [5.74, 6) is 5.35. The highest BCUT2D eigenvalue weighted by atomic mass is 16.5. The monoisotopic (exact) mass is 215 g/mol. The number of carbonyl (C=O) groups is 1. The molecule has 0 aliphatic carbocycles. The van der Waals surface area contributed by atoms with Gasteiger partial charge in [-0.2, -0.15) is 0 Å². The first-order valence-corrected chi connectivity index (χ1v) is 5.49. The van der Waals surface area contributed by atoms with Crippen molar-refractivity contribution in [3.8, 4) is 0 Å². The van der Waals surface area contributed by atoms with E-state index in [1.165, 1.54) is 0 Å². The van der Waals surface area contributed by atoms with Crippen LogP contribution in [0.25, 0.3) is 0 Å². The molecule has 5 nitrogen and oxygen atoms in total. The van der Waals surface area contributed by atoms with Crippen LogP contribution in [0.2, 0.25) is 0 Å². The number of hydrogen-bond donors (Lipinski definition) is 2. The Morgan fingerprint density at radius 2 is 2.13 bits per heavy atom. The number of rotatable bonds is 3. The summed E-state index contributed by atoms with van der Waals surface area (Å²) in [7, 11) is 0. The molecule has 0 aromatic rings. The number of amides is 1. The van der Waals surface area contributed by atoms with Crippen LogP contribution in [0, 0.1) is 5.92 Å². The average molecular weight is 215 g/mol. The zero-order valence-corrected chi connectivity index (χ0v) is 9.53. The average Bonchev–Trinajstić information content (AvgIpc) is 2.46. The van der Waals surface area contributed by atoms with E-state index < -0.39 is 0 Å². The molecule has 3 N–H and O–H groups in total. The van der Waals surface area contributed by atoms with Gasteiger partial charge >= 0.3 is 0 Å². The smallest absolute Gasteiger partial charge is 0.251 e. The lowest BCUT2D eigenvalue weighted by molar-refractivity contribution is -0.128. The summed E-state index contributed by atoms with van der Waals surface area (Å²) in [6.07, 6.45) is 0.973. The number of hydrogen-bond acceptors (Lipinski definition) is 4. The van der Waals surface area contributed by atoms with E-state index in [0.29, 0.717) is 6.61 Å². The highest BCUT2D eigenvalue weighted by Crippen LogP contribution is 2.13. The first kappa shape index (κ1) is 12.4. The summed E-state index contributed by atoms with van der Waals surface area (Å²) < 4.78 is 5.36. The Hall–Kier alpha value is -0.650. The highest BCUT2D eigenvalue weighted by Gasteiger charge is 2.28. The lowest BCUT2D eigenvalue weighted by atomic mass is 10.0. The Labute approximate surface area is 90.9 Å². The molecular weight excluding hydrogens is 194 g/mol. The van der Waals surface area contributed by atoms with Crippen LogP contribution in [0.5, 0.6) is 0 Å². The Morgan fingerprint density at radius 3 is 2.73 bits per heavy atom. The number of carbonyl (C=O) groups excluding carboxylic acids is 1. The summed E-state index contributed by atoms with van der Waals surface area (Å²) in [6, 6.07) is -0.142. The Balaban J connectivity index is 2.64. The molecule has 0 saturated carbocycles. The molecule has 1 fully saturated rings. The fraction of sp³-hybridized carbons (Fsp3) is 0.900. The van der Waals surface area contributed by atoms with E-state index >= 15 is 0 Å². The lowest BCUT2D eigenvalue weighted by Crippen LogP contribution is -2.52. The second kappa shape index (κ2) is 6.05. The van der Waals surface area contributed by atoms with Crippen LogP contribution >= 0.6 is 0 Å². The van der Waals surface area contributed by atoms with Crippen LogP contribution in [0.3, 0.4) is 0 Å². The maximum Gasteiger partial charge on any atom is 0.251 e. The van der Waals surface area contributed by atoms with Gasteiger partial charge in [-0.1, -0.05) is 13.8 Å². The van der Waals surface area contributed by atoms with Crippen molar-refractivity contribution in [2.75, 3.05) is 26.3 Å². The van der Waals surface area contributed by atoms with Gasteiger partial charge in [-0.15, -0.1) is 0 Å². The van der Waals surface area contributed by atoms with Crippen LogP contribution in [-0.4, -0.2) is 43.2 Å². The van der Waals surface area contributed by atoms with Crippen molar-refractivity contribution >= 4 is 5.91 Å². The molecule has 1 unspecified atom stereocenters. The molecular formula is C10H21N3O2. The van der Waals surface area contributed by atoms with Crippen LogP contribution in [0.1, 0.15) is 20.3 Å². The third-order valence-electron chi connectivity index (χ3n) is 2.69. The third kappa shape index (κ3) is 3.44. The fourth-order valence-corrected chi connectivity index (χ4v) is 2.02. The molecule has 1 aliphatic rings. The maximum atomic E-state index is 11.6. The second-order valence-electron chi connectivity index (χ2n) is 4.20. The molecule has 1 aliphatic heterocycles. The van der Waals surface area contributed by atoms with Crippen molar-refractivity contribution in [1.29, 1.82) is 0 Å². The van der Waals surface area contributed by atoms with E-state index in [2.05, 4.69) is 10.3 Å². The standard InChI is InChI=1S/C10H21N3O2/c1-8(2)9(10(14)12-11)13-4-3-6-15-7-5-13/h8-9H,3-7,11H2,1-2H3,(H,12,14). The number of ether oxygens (including phenoxy) is 1.